The molecule has 0 N–H and O–H groups in total. The number of benzene rings is 1. The average molecular weight is 493 g/mol. The van der Waals surface area contributed by atoms with Crippen LogP contribution in [0.5, 0.6) is 11.5 Å². The van der Waals surface area contributed by atoms with Crippen molar-refractivity contribution in [3.8, 4) is 11.5 Å². The monoisotopic (exact) mass is 492 g/mol. The zero-order chi connectivity index (χ0) is 25.0. The van der Waals surface area contributed by atoms with E-state index in [0.29, 0.717) is 12.5 Å². The normalized spacial score (nSPS) is 24.8. The highest BCUT2D eigenvalue weighted by atomic mass is 19.2. The molecule has 0 saturated heterocycles. The van der Waals surface area contributed by atoms with Gasteiger partial charge in [-0.15, -0.1) is 0 Å². The number of ether oxygens (including phenoxy) is 2. The van der Waals surface area contributed by atoms with Crippen molar-refractivity contribution in [3.63, 3.8) is 0 Å². The quantitative estimate of drug-likeness (QED) is 0.156. The number of esters is 1. The van der Waals surface area contributed by atoms with E-state index in [9.17, 15) is 13.6 Å². The number of carbonyl (C=O) groups is 1. The molecule has 2 saturated carbocycles. The molecule has 35 heavy (non-hydrogen) atoms. The Hall–Kier alpha value is -1.65. The van der Waals surface area contributed by atoms with Gasteiger partial charge in [0, 0.05) is 0 Å². The summed E-state index contributed by atoms with van der Waals surface area (Å²) in [6.07, 6.45) is 18.9. The molecule has 0 radical (unpaired) electrons. The molecule has 2 aliphatic carbocycles. The molecular weight excluding hydrogens is 446 g/mol. The molecule has 1 aromatic rings. The highest BCUT2D eigenvalue weighted by molar-refractivity contribution is 5.75. The first-order valence-corrected chi connectivity index (χ1v) is 14.4. The average Bonchev–Trinajstić information content (AvgIpc) is 2.88. The van der Waals surface area contributed by atoms with Gasteiger partial charge in [-0.05, 0) is 74.8 Å². The zero-order valence-corrected chi connectivity index (χ0v) is 22.0. The highest BCUT2D eigenvalue weighted by Gasteiger charge is 2.34. The molecule has 2 fully saturated rings. The van der Waals surface area contributed by atoms with Crippen LogP contribution in [0.1, 0.15) is 117 Å². The van der Waals surface area contributed by atoms with E-state index in [4.69, 9.17) is 9.47 Å². The van der Waals surface area contributed by atoms with Gasteiger partial charge in [0.05, 0.1) is 12.5 Å². The lowest BCUT2D eigenvalue weighted by Crippen LogP contribution is -2.30. The topological polar surface area (TPSA) is 35.5 Å². The van der Waals surface area contributed by atoms with Gasteiger partial charge in [-0.2, -0.15) is 8.78 Å². The molecule has 2 aliphatic rings. The summed E-state index contributed by atoms with van der Waals surface area (Å²) in [5.74, 6) is -0.990. The minimum Gasteiger partial charge on any atom is -0.490 e. The molecule has 3 nitrogen and oxygen atoms in total. The molecule has 0 amide bonds. The van der Waals surface area contributed by atoms with Crippen LogP contribution in [-0.2, 0) is 4.79 Å². The van der Waals surface area contributed by atoms with Gasteiger partial charge in [-0.25, -0.2) is 0 Å². The van der Waals surface area contributed by atoms with Crippen LogP contribution in [0.15, 0.2) is 12.1 Å². The van der Waals surface area contributed by atoms with E-state index in [2.05, 4.69) is 6.92 Å². The Bertz CT molecular complexity index is 765. The molecule has 0 atom stereocenters. The zero-order valence-electron chi connectivity index (χ0n) is 22.0. The van der Waals surface area contributed by atoms with Crippen molar-refractivity contribution < 1.29 is 23.0 Å². The second-order valence-electron chi connectivity index (χ2n) is 10.9. The first-order valence-electron chi connectivity index (χ1n) is 14.4. The largest absolute Gasteiger partial charge is 0.490 e. The Balaban J connectivity index is 1.38. The van der Waals surface area contributed by atoms with E-state index in [1.807, 2.05) is 6.92 Å². The van der Waals surface area contributed by atoms with Crippen molar-refractivity contribution in [2.75, 3.05) is 6.61 Å². The van der Waals surface area contributed by atoms with Crippen molar-refractivity contribution >= 4 is 5.97 Å². The molecule has 1 aromatic carbocycles. The van der Waals surface area contributed by atoms with Crippen molar-refractivity contribution in [1.29, 1.82) is 0 Å². The van der Waals surface area contributed by atoms with Crippen LogP contribution in [-0.4, -0.2) is 12.6 Å². The summed E-state index contributed by atoms with van der Waals surface area (Å²) in [4.78, 5) is 12.7. The fourth-order valence-corrected chi connectivity index (χ4v) is 6.03. The second kappa shape index (κ2) is 14.8. The SMILES string of the molecule is CCCCCCCC1CCC(C2CCC(C(=O)Oc3ccc(OCCCC)c(F)c3F)CC2)CC1. The Morgan fingerprint density at radius 2 is 1.34 bits per heavy atom. The highest BCUT2D eigenvalue weighted by Crippen LogP contribution is 2.42. The molecule has 0 unspecified atom stereocenters. The third-order valence-electron chi connectivity index (χ3n) is 8.36. The van der Waals surface area contributed by atoms with Crippen LogP contribution in [0, 0.1) is 35.3 Å². The van der Waals surface area contributed by atoms with Gasteiger partial charge in [0.15, 0.2) is 11.5 Å². The summed E-state index contributed by atoms with van der Waals surface area (Å²) >= 11 is 0. The van der Waals surface area contributed by atoms with Gasteiger partial charge in [0.1, 0.15) is 0 Å². The summed E-state index contributed by atoms with van der Waals surface area (Å²) in [5.41, 5.74) is 0. The molecule has 0 aliphatic heterocycles. The third kappa shape index (κ3) is 8.46. The minimum atomic E-state index is -1.15. The van der Waals surface area contributed by atoms with E-state index in [1.54, 1.807) is 0 Å². The molecule has 198 valence electrons. The Labute approximate surface area is 211 Å². The Morgan fingerprint density at radius 3 is 2.00 bits per heavy atom. The van der Waals surface area contributed by atoms with Gasteiger partial charge >= 0.3 is 5.97 Å². The van der Waals surface area contributed by atoms with Crippen LogP contribution in [0.3, 0.4) is 0 Å². The summed E-state index contributed by atoms with van der Waals surface area (Å²) in [5, 5.41) is 0. The fourth-order valence-electron chi connectivity index (χ4n) is 6.03. The lowest BCUT2D eigenvalue weighted by Gasteiger charge is -2.37. The predicted octanol–water partition coefficient (Wildman–Crippen LogP) is 9.02. The number of unbranched alkanes of at least 4 members (excludes halogenated alkanes) is 5. The molecule has 5 heteroatoms. The van der Waals surface area contributed by atoms with Crippen LogP contribution in [0.4, 0.5) is 8.78 Å². The van der Waals surface area contributed by atoms with E-state index in [1.165, 1.54) is 76.3 Å². The Morgan fingerprint density at radius 1 is 0.771 bits per heavy atom. The van der Waals surface area contributed by atoms with Crippen LogP contribution < -0.4 is 9.47 Å². The van der Waals surface area contributed by atoms with Crippen molar-refractivity contribution in [2.45, 2.75) is 117 Å². The summed E-state index contributed by atoms with van der Waals surface area (Å²) in [6, 6.07) is 2.64. The van der Waals surface area contributed by atoms with E-state index in [0.717, 1.165) is 50.4 Å². The first-order chi connectivity index (χ1) is 17.0. The Kier molecular flexibility index (Phi) is 11.8. The smallest absolute Gasteiger partial charge is 0.314 e. The van der Waals surface area contributed by atoms with Gasteiger partial charge in [0.2, 0.25) is 11.6 Å². The van der Waals surface area contributed by atoms with Gasteiger partial charge in [-0.1, -0.05) is 71.6 Å². The summed E-state index contributed by atoms with van der Waals surface area (Å²) in [7, 11) is 0. The number of hydrogen-bond donors (Lipinski definition) is 0. The van der Waals surface area contributed by atoms with Crippen LogP contribution >= 0.6 is 0 Å². The maximum absolute atomic E-state index is 14.4. The fraction of sp³-hybridized carbons (Fsp3) is 0.767. The molecular formula is C30H46F2O3. The minimum absolute atomic E-state index is 0.137. The van der Waals surface area contributed by atoms with Crippen molar-refractivity contribution in [3.05, 3.63) is 23.8 Å². The predicted molar refractivity (Wildman–Crippen MR) is 137 cm³/mol. The summed E-state index contributed by atoms with van der Waals surface area (Å²) < 4.78 is 39.3. The lowest BCUT2D eigenvalue weighted by atomic mass is 9.68. The molecule has 0 heterocycles. The number of halogens is 2. The maximum Gasteiger partial charge on any atom is 0.314 e. The number of rotatable bonds is 13. The van der Waals surface area contributed by atoms with Crippen molar-refractivity contribution in [1.82, 2.24) is 0 Å². The van der Waals surface area contributed by atoms with Gasteiger partial charge < -0.3 is 9.47 Å². The van der Waals surface area contributed by atoms with E-state index in [-0.39, 0.29) is 17.4 Å². The first kappa shape index (κ1) is 27.9. The number of carbonyl (C=O) groups excluding carboxylic acids is 1. The molecule has 3 rings (SSSR count). The van der Waals surface area contributed by atoms with Gasteiger partial charge in [0.25, 0.3) is 0 Å². The molecule has 0 spiro atoms. The molecule has 0 bridgehead atoms. The summed E-state index contributed by atoms with van der Waals surface area (Å²) in [6.45, 7) is 4.59. The lowest BCUT2D eigenvalue weighted by molar-refractivity contribution is -0.140. The van der Waals surface area contributed by atoms with Crippen molar-refractivity contribution in [2.24, 2.45) is 23.7 Å². The molecule has 0 aromatic heterocycles. The van der Waals surface area contributed by atoms with E-state index < -0.39 is 17.6 Å². The van der Waals surface area contributed by atoms with Crippen LogP contribution in [0.25, 0.3) is 0 Å². The van der Waals surface area contributed by atoms with E-state index >= 15 is 0 Å². The maximum atomic E-state index is 14.4. The second-order valence-corrected chi connectivity index (χ2v) is 10.9. The van der Waals surface area contributed by atoms with Crippen LogP contribution in [0.2, 0.25) is 0 Å². The standard InChI is InChI=1S/C30H46F2O3/c1-3-5-7-8-9-10-22-11-13-23(14-12-22)24-15-17-25(18-16-24)30(33)35-27-20-19-26(28(31)29(27)32)34-21-6-4-2/h19-20,22-25H,3-18,21H2,1-2H3. The number of hydrogen-bond acceptors (Lipinski definition) is 3. The third-order valence-corrected chi connectivity index (χ3v) is 8.36. The van der Waals surface area contributed by atoms with Gasteiger partial charge in [-0.3, -0.25) is 4.79 Å².